The second-order valence-electron chi connectivity index (χ2n) is 4.59. The van der Waals surface area contributed by atoms with Gasteiger partial charge in [0, 0.05) is 41.4 Å². The van der Waals surface area contributed by atoms with E-state index in [1.54, 1.807) is 6.07 Å². The summed E-state index contributed by atoms with van der Waals surface area (Å²) in [5, 5.41) is 13.9. The van der Waals surface area contributed by atoms with Crippen molar-refractivity contribution in [2.75, 3.05) is 25.5 Å². The van der Waals surface area contributed by atoms with E-state index < -0.39 is 4.92 Å². The average Bonchev–Trinajstić information content (AvgIpc) is 2.39. The Morgan fingerprint density at radius 1 is 1.53 bits per heavy atom. The molecule has 0 amide bonds. The van der Waals surface area contributed by atoms with Crippen LogP contribution >= 0.6 is 15.9 Å². The van der Waals surface area contributed by atoms with Gasteiger partial charge in [0.15, 0.2) is 0 Å². The number of halogens is 1. The topological polar surface area (TPSA) is 58.4 Å². The molecule has 0 aliphatic rings. The molecule has 0 heterocycles. The van der Waals surface area contributed by atoms with E-state index in [-0.39, 0.29) is 5.69 Å². The minimum atomic E-state index is -0.398. The molecule has 1 aromatic rings. The first-order valence-corrected chi connectivity index (χ1v) is 7.13. The number of nitro groups is 1. The molecule has 1 atom stereocenters. The lowest BCUT2D eigenvalue weighted by molar-refractivity contribution is -0.384. The molecule has 1 aromatic carbocycles. The molecule has 0 spiro atoms. The van der Waals surface area contributed by atoms with Crippen molar-refractivity contribution in [2.45, 2.75) is 26.3 Å². The summed E-state index contributed by atoms with van der Waals surface area (Å²) in [5.41, 5.74) is 0.970. The predicted molar refractivity (Wildman–Crippen MR) is 81.7 cm³/mol. The van der Waals surface area contributed by atoms with Crippen molar-refractivity contribution in [3.8, 4) is 0 Å². The van der Waals surface area contributed by atoms with Crippen molar-refractivity contribution in [2.24, 2.45) is 0 Å². The van der Waals surface area contributed by atoms with E-state index >= 15 is 0 Å². The number of hydrogen-bond donors (Lipinski definition) is 1. The molecular weight excluding hydrogens is 310 g/mol. The number of rotatable bonds is 7. The molecule has 6 heteroatoms. The summed E-state index contributed by atoms with van der Waals surface area (Å²) in [6, 6.07) is 5.31. The van der Waals surface area contributed by atoms with E-state index in [0.717, 1.165) is 25.2 Å². The molecule has 1 rings (SSSR count). The van der Waals surface area contributed by atoms with Crippen molar-refractivity contribution in [1.29, 1.82) is 0 Å². The van der Waals surface area contributed by atoms with E-state index in [1.165, 1.54) is 12.1 Å². The first-order valence-electron chi connectivity index (χ1n) is 6.33. The Labute approximate surface area is 122 Å². The third-order valence-electron chi connectivity index (χ3n) is 3.29. The summed E-state index contributed by atoms with van der Waals surface area (Å²) in [6.07, 6.45) is 1.12. The Morgan fingerprint density at radius 3 is 2.74 bits per heavy atom. The van der Waals surface area contributed by atoms with Crippen LogP contribution < -0.4 is 5.32 Å². The monoisotopic (exact) mass is 329 g/mol. The predicted octanol–water partition coefficient (Wildman–Crippen LogP) is 3.50. The zero-order valence-corrected chi connectivity index (χ0v) is 13.1. The highest BCUT2D eigenvalue weighted by Gasteiger charge is 2.09. The smallest absolute Gasteiger partial charge is 0.270 e. The number of nitrogens with zero attached hydrogens (tertiary/aromatic N) is 2. The SMILES string of the molecule is CCC(C)N(C)CCNc1ccc([N+](=O)[O-])cc1Br. The zero-order valence-electron chi connectivity index (χ0n) is 11.5. The first-order chi connectivity index (χ1) is 8.95. The van der Waals surface area contributed by atoms with E-state index in [1.807, 2.05) is 0 Å². The summed E-state index contributed by atoms with van der Waals surface area (Å²) in [5.74, 6) is 0. The van der Waals surface area contributed by atoms with Crippen LogP contribution in [0.3, 0.4) is 0 Å². The molecule has 0 bridgehead atoms. The van der Waals surface area contributed by atoms with Gasteiger partial charge in [0.2, 0.25) is 0 Å². The van der Waals surface area contributed by atoms with Gasteiger partial charge in [-0.3, -0.25) is 10.1 Å². The standard InChI is InChI=1S/C13H20BrN3O2/c1-4-10(2)16(3)8-7-15-13-6-5-11(17(18)19)9-12(13)14/h5-6,9-10,15H,4,7-8H2,1-3H3. The van der Waals surface area contributed by atoms with Crippen LogP contribution in [0.5, 0.6) is 0 Å². The maximum absolute atomic E-state index is 10.6. The minimum Gasteiger partial charge on any atom is -0.383 e. The van der Waals surface area contributed by atoms with Gasteiger partial charge in [-0.2, -0.15) is 0 Å². The minimum absolute atomic E-state index is 0.0918. The Morgan fingerprint density at radius 2 is 2.21 bits per heavy atom. The highest BCUT2D eigenvalue weighted by Crippen LogP contribution is 2.26. The van der Waals surface area contributed by atoms with E-state index in [4.69, 9.17) is 0 Å². The largest absolute Gasteiger partial charge is 0.383 e. The quantitative estimate of drug-likeness (QED) is 0.614. The Balaban J connectivity index is 2.52. The van der Waals surface area contributed by atoms with E-state index in [0.29, 0.717) is 10.5 Å². The number of non-ortho nitro benzene ring substituents is 1. The second-order valence-corrected chi connectivity index (χ2v) is 5.44. The van der Waals surface area contributed by atoms with E-state index in [2.05, 4.69) is 47.0 Å². The van der Waals surface area contributed by atoms with Gasteiger partial charge in [0.1, 0.15) is 0 Å². The lowest BCUT2D eigenvalue weighted by atomic mass is 10.2. The van der Waals surface area contributed by atoms with Gasteiger partial charge in [0.25, 0.3) is 5.69 Å². The summed E-state index contributed by atoms with van der Waals surface area (Å²) in [7, 11) is 2.10. The number of nitrogens with one attached hydrogen (secondary N) is 1. The molecular formula is C13H20BrN3O2. The van der Waals surface area contributed by atoms with Crippen LogP contribution in [0.1, 0.15) is 20.3 Å². The average molecular weight is 330 g/mol. The molecule has 1 unspecified atom stereocenters. The van der Waals surface area contributed by atoms with Crippen molar-refractivity contribution in [3.05, 3.63) is 32.8 Å². The molecule has 0 saturated carbocycles. The summed E-state index contributed by atoms with van der Waals surface area (Å²) >= 11 is 3.34. The molecule has 106 valence electrons. The Kier molecular flexibility index (Phi) is 6.24. The van der Waals surface area contributed by atoms with Crippen molar-refractivity contribution in [3.63, 3.8) is 0 Å². The fourth-order valence-electron chi connectivity index (χ4n) is 1.66. The maximum Gasteiger partial charge on any atom is 0.270 e. The Bertz CT molecular complexity index is 440. The van der Waals surface area contributed by atoms with Gasteiger partial charge in [-0.25, -0.2) is 0 Å². The van der Waals surface area contributed by atoms with Gasteiger partial charge in [-0.15, -0.1) is 0 Å². The maximum atomic E-state index is 10.6. The van der Waals surface area contributed by atoms with Gasteiger partial charge in [0.05, 0.1) is 4.92 Å². The number of benzene rings is 1. The van der Waals surface area contributed by atoms with Gasteiger partial charge >= 0.3 is 0 Å². The van der Waals surface area contributed by atoms with Crippen molar-refractivity contribution >= 4 is 27.3 Å². The second kappa shape index (κ2) is 7.45. The lowest BCUT2D eigenvalue weighted by Gasteiger charge is -2.23. The van der Waals surface area contributed by atoms with Gasteiger partial charge in [-0.1, -0.05) is 6.92 Å². The number of anilines is 1. The molecule has 0 aromatic heterocycles. The fourth-order valence-corrected chi connectivity index (χ4v) is 2.17. The molecule has 0 fully saturated rings. The van der Waals surface area contributed by atoms with Crippen LogP contribution in [0.4, 0.5) is 11.4 Å². The molecule has 0 radical (unpaired) electrons. The van der Waals surface area contributed by atoms with Crippen molar-refractivity contribution < 1.29 is 4.92 Å². The van der Waals surface area contributed by atoms with Crippen LogP contribution in [0.2, 0.25) is 0 Å². The molecule has 0 aliphatic carbocycles. The first kappa shape index (κ1) is 15.9. The highest BCUT2D eigenvalue weighted by molar-refractivity contribution is 9.10. The zero-order chi connectivity index (χ0) is 14.4. The van der Waals surface area contributed by atoms with Crippen LogP contribution in [0.15, 0.2) is 22.7 Å². The summed E-state index contributed by atoms with van der Waals surface area (Å²) in [6.45, 7) is 6.10. The number of nitro benzene ring substituents is 1. The highest BCUT2D eigenvalue weighted by atomic mass is 79.9. The van der Waals surface area contributed by atoms with Crippen LogP contribution in [-0.2, 0) is 0 Å². The summed E-state index contributed by atoms with van der Waals surface area (Å²) < 4.78 is 0.716. The molecule has 0 saturated heterocycles. The molecule has 5 nitrogen and oxygen atoms in total. The third kappa shape index (κ3) is 4.80. The summed E-state index contributed by atoms with van der Waals surface area (Å²) in [4.78, 5) is 12.5. The Hall–Kier alpha value is -1.14. The van der Waals surface area contributed by atoms with Crippen LogP contribution in [0.25, 0.3) is 0 Å². The molecule has 1 N–H and O–H groups in total. The van der Waals surface area contributed by atoms with Crippen LogP contribution in [0, 0.1) is 10.1 Å². The fraction of sp³-hybridized carbons (Fsp3) is 0.538. The number of hydrogen-bond acceptors (Lipinski definition) is 4. The van der Waals surface area contributed by atoms with Gasteiger partial charge in [-0.05, 0) is 42.4 Å². The number of likely N-dealkylation sites (N-methyl/N-ethyl adjacent to an activating group) is 1. The van der Waals surface area contributed by atoms with Gasteiger partial charge < -0.3 is 10.2 Å². The molecule has 0 aliphatic heterocycles. The normalized spacial score (nSPS) is 12.5. The van der Waals surface area contributed by atoms with Crippen molar-refractivity contribution in [1.82, 2.24) is 4.90 Å². The van der Waals surface area contributed by atoms with E-state index in [9.17, 15) is 10.1 Å². The lowest BCUT2D eigenvalue weighted by Crippen LogP contribution is -2.32. The van der Waals surface area contributed by atoms with Crippen LogP contribution in [-0.4, -0.2) is 36.0 Å². The molecule has 19 heavy (non-hydrogen) atoms. The third-order valence-corrected chi connectivity index (χ3v) is 3.94.